The summed E-state index contributed by atoms with van der Waals surface area (Å²) < 4.78 is 6.72. The topological polar surface area (TPSA) is 9.23 Å². The molecule has 0 aliphatic rings. The quantitative estimate of drug-likeness (QED) is 0.433. The predicted octanol–water partition coefficient (Wildman–Crippen LogP) is 5.56. The Morgan fingerprint density at radius 2 is 1.33 bits per heavy atom. The fourth-order valence-corrected chi connectivity index (χ4v) is 22.2. The molecular formula is C14H34OSSi2. The molecule has 0 aliphatic heterocycles. The highest BCUT2D eigenvalue weighted by molar-refractivity contribution is 8.22. The molecule has 0 N–H and O–H groups in total. The molecule has 18 heavy (non-hydrogen) atoms. The van der Waals surface area contributed by atoms with E-state index >= 15 is 0 Å². The first-order chi connectivity index (χ1) is 8.26. The minimum Gasteiger partial charge on any atom is -0.405 e. The fourth-order valence-electron chi connectivity index (χ4n) is 3.24. The highest BCUT2D eigenvalue weighted by Gasteiger charge is 2.52. The summed E-state index contributed by atoms with van der Waals surface area (Å²) in [5, 5.41) is 0. The van der Waals surface area contributed by atoms with E-state index in [1.165, 1.54) is 24.6 Å². The Balaban J connectivity index is 5.21. The van der Waals surface area contributed by atoms with E-state index in [1.54, 1.807) is 0 Å². The van der Waals surface area contributed by atoms with Crippen LogP contribution in [0, 0.1) is 0 Å². The first kappa shape index (κ1) is 18.7. The van der Waals surface area contributed by atoms with Crippen LogP contribution in [-0.2, 0) is 4.43 Å². The Morgan fingerprint density at radius 1 is 0.889 bits per heavy atom. The zero-order chi connectivity index (χ0) is 14.4. The second-order valence-electron chi connectivity index (χ2n) is 6.09. The van der Waals surface area contributed by atoms with Gasteiger partial charge in [0.2, 0.25) is 6.98 Å². The van der Waals surface area contributed by atoms with Gasteiger partial charge in [0.1, 0.15) is 0 Å². The van der Waals surface area contributed by atoms with Crippen molar-refractivity contribution in [3.8, 4) is 0 Å². The monoisotopic (exact) mass is 306 g/mol. The summed E-state index contributed by atoms with van der Waals surface area (Å²) in [7, 11) is -1.33. The van der Waals surface area contributed by atoms with E-state index in [1.807, 2.05) is 0 Å². The molecule has 0 aromatic heterocycles. The lowest BCUT2D eigenvalue weighted by atomic mass is 10.0. The summed E-state index contributed by atoms with van der Waals surface area (Å²) in [5.74, 6) is 0. The normalized spacial score (nSPS) is 16.7. The number of rotatable bonds is 9. The fraction of sp³-hybridized carbons (Fsp3) is 1.00. The van der Waals surface area contributed by atoms with Gasteiger partial charge in [0.15, 0.2) is 0 Å². The maximum atomic E-state index is 6.72. The highest BCUT2D eigenvalue weighted by atomic mass is 32.3. The van der Waals surface area contributed by atoms with Crippen molar-refractivity contribution in [3.05, 3.63) is 0 Å². The minimum absolute atomic E-state index is 0.0104. The van der Waals surface area contributed by atoms with Crippen LogP contribution in [0.3, 0.4) is 0 Å². The number of hydrogen-bond donors (Lipinski definition) is 1. The average molecular weight is 307 g/mol. The standard InChI is InChI=1S/C14H34OSSi2/c1-8-13-14(6,7)15-18(16,12-5)17(9-2,10-3)11-4/h16H,8-13H2,1-7H3. The molecule has 0 amide bonds. The van der Waals surface area contributed by atoms with Crippen LogP contribution >= 0.6 is 12.1 Å². The van der Waals surface area contributed by atoms with E-state index in [0.717, 1.165) is 12.5 Å². The van der Waals surface area contributed by atoms with Crippen molar-refractivity contribution in [2.75, 3.05) is 0 Å². The first-order valence-corrected chi connectivity index (χ1v) is 14.7. The van der Waals surface area contributed by atoms with Gasteiger partial charge in [0.05, 0.1) is 13.2 Å². The van der Waals surface area contributed by atoms with Crippen LogP contribution < -0.4 is 0 Å². The van der Waals surface area contributed by atoms with E-state index in [4.69, 9.17) is 16.5 Å². The highest BCUT2D eigenvalue weighted by Crippen LogP contribution is 2.40. The van der Waals surface area contributed by atoms with Crippen LogP contribution in [0.5, 0.6) is 0 Å². The zero-order valence-corrected chi connectivity index (χ0v) is 16.5. The third-order valence-corrected chi connectivity index (χ3v) is 27.2. The molecule has 0 bridgehead atoms. The van der Waals surface area contributed by atoms with Gasteiger partial charge in [-0.05, 0) is 26.3 Å². The van der Waals surface area contributed by atoms with Crippen molar-refractivity contribution in [3.63, 3.8) is 0 Å². The summed E-state index contributed by atoms with van der Waals surface area (Å²) in [4.78, 5) is 0. The summed E-state index contributed by atoms with van der Waals surface area (Å²) in [5.41, 5.74) is 0.0104. The summed E-state index contributed by atoms with van der Waals surface area (Å²) >= 11 is 5.20. The van der Waals surface area contributed by atoms with Crippen molar-refractivity contribution in [1.82, 2.24) is 0 Å². The van der Waals surface area contributed by atoms with Crippen molar-refractivity contribution in [2.24, 2.45) is 0 Å². The van der Waals surface area contributed by atoms with Crippen LogP contribution in [0.2, 0.25) is 24.2 Å². The van der Waals surface area contributed by atoms with Gasteiger partial charge in [0.25, 0.3) is 0 Å². The molecule has 0 aliphatic carbocycles. The summed E-state index contributed by atoms with van der Waals surface area (Å²) in [6.07, 6.45) is 2.33. The van der Waals surface area contributed by atoms with Crippen LogP contribution in [0.4, 0.5) is 0 Å². The van der Waals surface area contributed by atoms with E-state index in [-0.39, 0.29) is 5.60 Å². The molecule has 4 heteroatoms. The lowest BCUT2D eigenvalue weighted by Crippen LogP contribution is -2.62. The van der Waals surface area contributed by atoms with Crippen molar-refractivity contribution in [1.29, 1.82) is 0 Å². The molecule has 0 radical (unpaired) electrons. The molecule has 0 aromatic carbocycles. The Hall–Kier alpha value is 0.744. The van der Waals surface area contributed by atoms with Crippen LogP contribution in [0.25, 0.3) is 0 Å². The minimum atomic E-state index is -1.84. The molecule has 0 saturated heterocycles. The van der Waals surface area contributed by atoms with Crippen molar-refractivity contribution in [2.45, 2.75) is 91.1 Å². The zero-order valence-electron chi connectivity index (χ0n) is 13.6. The lowest BCUT2D eigenvalue weighted by molar-refractivity contribution is 0.0975. The Labute approximate surface area is 122 Å². The van der Waals surface area contributed by atoms with Gasteiger partial charge in [-0.15, -0.1) is 0 Å². The molecule has 1 atom stereocenters. The van der Waals surface area contributed by atoms with Crippen molar-refractivity contribution < 1.29 is 4.43 Å². The molecule has 0 heterocycles. The van der Waals surface area contributed by atoms with Gasteiger partial charge in [-0.1, -0.05) is 59.2 Å². The molecule has 0 spiro atoms. The molecule has 1 unspecified atom stereocenters. The molecular weight excluding hydrogens is 272 g/mol. The van der Waals surface area contributed by atoms with Gasteiger partial charge in [0, 0.05) is 0 Å². The molecule has 1 nitrogen and oxygen atoms in total. The third-order valence-electron chi connectivity index (χ3n) is 4.64. The summed E-state index contributed by atoms with van der Waals surface area (Å²) in [6, 6.07) is 5.13. The van der Waals surface area contributed by atoms with E-state index < -0.39 is 14.6 Å². The number of thiol groups is 1. The Kier molecular flexibility index (Phi) is 7.82. The van der Waals surface area contributed by atoms with E-state index in [2.05, 4.69) is 48.5 Å². The van der Waals surface area contributed by atoms with Gasteiger partial charge in [-0.2, -0.15) is 12.1 Å². The molecule has 110 valence electrons. The molecule has 0 fully saturated rings. The van der Waals surface area contributed by atoms with Crippen LogP contribution in [0.15, 0.2) is 0 Å². The largest absolute Gasteiger partial charge is 0.405 e. The smallest absolute Gasteiger partial charge is 0.236 e. The van der Waals surface area contributed by atoms with Gasteiger partial charge in [-0.3, -0.25) is 0 Å². The summed E-state index contributed by atoms with van der Waals surface area (Å²) in [6.45, 7) is 14.3. The first-order valence-electron chi connectivity index (χ1n) is 7.69. The van der Waals surface area contributed by atoms with Gasteiger partial charge in [-0.25, -0.2) is 0 Å². The maximum Gasteiger partial charge on any atom is 0.236 e. The SMILES string of the molecule is CCCC(C)(C)O[Si](S)(CC)[Si](CC)(CC)CC. The van der Waals surface area contributed by atoms with Gasteiger partial charge >= 0.3 is 0 Å². The van der Waals surface area contributed by atoms with E-state index in [0.29, 0.717) is 0 Å². The van der Waals surface area contributed by atoms with Crippen LogP contribution in [-0.4, -0.2) is 20.2 Å². The Morgan fingerprint density at radius 3 is 1.61 bits per heavy atom. The van der Waals surface area contributed by atoms with E-state index in [9.17, 15) is 0 Å². The van der Waals surface area contributed by atoms with Crippen LogP contribution in [0.1, 0.15) is 61.3 Å². The number of hydrogen-bond acceptors (Lipinski definition) is 2. The molecule has 0 aromatic rings. The lowest BCUT2D eigenvalue weighted by Gasteiger charge is -2.47. The molecule has 0 saturated carbocycles. The van der Waals surface area contributed by atoms with Gasteiger partial charge < -0.3 is 4.43 Å². The van der Waals surface area contributed by atoms with Crippen molar-refractivity contribution >= 4 is 26.7 Å². The second-order valence-corrected chi connectivity index (χ2v) is 22.3. The third kappa shape index (κ3) is 4.12. The Bertz CT molecular complexity index is 234. The molecule has 0 rings (SSSR count). The predicted molar refractivity (Wildman–Crippen MR) is 92.5 cm³/mol. The second kappa shape index (κ2) is 7.51. The average Bonchev–Trinajstić information content (AvgIpc) is 2.31. The maximum absolute atomic E-state index is 6.72.